The monoisotopic (exact) mass is 202 g/mol. The molecular formula is C11H10N2O2. The van der Waals surface area contributed by atoms with Crippen LogP contribution < -0.4 is 0 Å². The Balaban J connectivity index is 2.21. The molecule has 2 heterocycles. The number of aromatic carboxylic acids is 1. The summed E-state index contributed by atoms with van der Waals surface area (Å²) in [6.07, 6.45) is 5.93. The van der Waals surface area contributed by atoms with Gasteiger partial charge in [0.15, 0.2) is 0 Å². The van der Waals surface area contributed by atoms with Crippen LogP contribution in [-0.4, -0.2) is 20.7 Å². The summed E-state index contributed by atoms with van der Waals surface area (Å²) in [5.41, 5.74) is 2.43. The molecule has 0 radical (unpaired) electrons. The summed E-state index contributed by atoms with van der Waals surface area (Å²) in [6, 6.07) is 3.27. The van der Waals surface area contributed by atoms with Gasteiger partial charge in [-0.25, -0.2) is 9.31 Å². The van der Waals surface area contributed by atoms with Crippen molar-refractivity contribution in [2.45, 2.75) is 18.8 Å². The van der Waals surface area contributed by atoms with E-state index in [0.717, 1.165) is 5.52 Å². The zero-order chi connectivity index (χ0) is 10.4. The van der Waals surface area contributed by atoms with Crippen LogP contribution in [0.3, 0.4) is 0 Å². The maximum atomic E-state index is 10.8. The van der Waals surface area contributed by atoms with Crippen molar-refractivity contribution in [3.63, 3.8) is 0 Å². The second-order valence-electron chi connectivity index (χ2n) is 3.92. The smallest absolute Gasteiger partial charge is 0.335 e. The van der Waals surface area contributed by atoms with Crippen molar-refractivity contribution in [1.82, 2.24) is 9.61 Å². The van der Waals surface area contributed by atoms with E-state index in [1.165, 1.54) is 18.4 Å². The number of carbonyl (C=O) groups is 1. The Morgan fingerprint density at radius 1 is 1.53 bits per heavy atom. The van der Waals surface area contributed by atoms with Crippen molar-refractivity contribution in [2.24, 2.45) is 0 Å². The molecule has 0 atom stereocenters. The molecule has 0 aromatic carbocycles. The molecule has 15 heavy (non-hydrogen) atoms. The molecular weight excluding hydrogens is 192 g/mol. The molecule has 1 aliphatic rings. The molecule has 3 rings (SSSR count). The van der Waals surface area contributed by atoms with Crippen LogP contribution in [0.1, 0.15) is 34.7 Å². The Kier molecular flexibility index (Phi) is 1.59. The first-order chi connectivity index (χ1) is 7.25. The second-order valence-corrected chi connectivity index (χ2v) is 3.92. The minimum atomic E-state index is -0.888. The molecule has 4 nitrogen and oxygen atoms in total. The number of fused-ring (bicyclic) bond motifs is 1. The first-order valence-corrected chi connectivity index (χ1v) is 4.96. The minimum Gasteiger partial charge on any atom is -0.478 e. The number of nitrogens with zero attached hydrogens (tertiary/aromatic N) is 2. The fraction of sp³-hybridized carbons (Fsp3) is 0.273. The lowest BCUT2D eigenvalue weighted by atomic mass is 10.1. The van der Waals surface area contributed by atoms with Gasteiger partial charge in [-0.2, -0.15) is 5.10 Å². The van der Waals surface area contributed by atoms with E-state index >= 15 is 0 Å². The van der Waals surface area contributed by atoms with E-state index in [1.54, 1.807) is 22.8 Å². The Bertz CT molecular complexity index is 541. The van der Waals surface area contributed by atoms with Crippen LogP contribution in [0.2, 0.25) is 0 Å². The lowest BCUT2D eigenvalue weighted by Gasteiger charge is -1.98. The average Bonchev–Trinajstić information content (AvgIpc) is 2.98. The van der Waals surface area contributed by atoms with E-state index in [0.29, 0.717) is 11.5 Å². The van der Waals surface area contributed by atoms with Gasteiger partial charge in [0.05, 0.1) is 17.3 Å². The van der Waals surface area contributed by atoms with Crippen LogP contribution in [-0.2, 0) is 0 Å². The van der Waals surface area contributed by atoms with Crippen molar-refractivity contribution in [3.05, 3.63) is 35.7 Å². The van der Waals surface area contributed by atoms with Crippen molar-refractivity contribution in [3.8, 4) is 0 Å². The summed E-state index contributed by atoms with van der Waals surface area (Å²) >= 11 is 0. The van der Waals surface area contributed by atoms with Crippen molar-refractivity contribution in [2.75, 3.05) is 0 Å². The first-order valence-electron chi connectivity index (χ1n) is 4.96. The van der Waals surface area contributed by atoms with Gasteiger partial charge >= 0.3 is 5.97 Å². The molecule has 0 unspecified atom stereocenters. The van der Waals surface area contributed by atoms with E-state index in [2.05, 4.69) is 5.10 Å². The van der Waals surface area contributed by atoms with Gasteiger partial charge in [-0.3, -0.25) is 0 Å². The molecule has 76 valence electrons. The fourth-order valence-electron chi connectivity index (χ4n) is 1.84. The summed E-state index contributed by atoms with van der Waals surface area (Å²) in [7, 11) is 0. The van der Waals surface area contributed by atoms with Crippen molar-refractivity contribution >= 4 is 11.5 Å². The minimum absolute atomic E-state index is 0.324. The number of aromatic nitrogens is 2. The van der Waals surface area contributed by atoms with E-state index in [4.69, 9.17) is 5.11 Å². The molecule has 0 amide bonds. The first kappa shape index (κ1) is 8.47. The Hall–Kier alpha value is -1.84. The molecule has 0 saturated heterocycles. The maximum Gasteiger partial charge on any atom is 0.335 e. The molecule has 1 N–H and O–H groups in total. The van der Waals surface area contributed by atoms with Crippen LogP contribution in [0.25, 0.3) is 5.52 Å². The van der Waals surface area contributed by atoms with E-state index in [9.17, 15) is 4.79 Å². The van der Waals surface area contributed by atoms with Gasteiger partial charge in [-0.15, -0.1) is 0 Å². The van der Waals surface area contributed by atoms with E-state index in [1.807, 2.05) is 6.20 Å². The highest BCUT2D eigenvalue weighted by molar-refractivity contribution is 5.89. The Labute approximate surface area is 86.1 Å². The molecule has 2 aromatic heterocycles. The SMILES string of the molecule is O=C(O)c1ccn2ncc(C3CC3)c2c1. The number of carboxylic acid groups (broad SMARTS) is 1. The van der Waals surface area contributed by atoms with Gasteiger partial charge in [0, 0.05) is 11.8 Å². The number of pyridine rings is 1. The maximum absolute atomic E-state index is 10.8. The highest BCUT2D eigenvalue weighted by Gasteiger charge is 2.26. The van der Waals surface area contributed by atoms with Gasteiger partial charge in [-0.05, 0) is 30.9 Å². The largest absolute Gasteiger partial charge is 0.478 e. The predicted octanol–water partition coefficient (Wildman–Crippen LogP) is 1.91. The molecule has 4 heteroatoms. The third-order valence-electron chi connectivity index (χ3n) is 2.82. The van der Waals surface area contributed by atoms with Crippen molar-refractivity contribution in [1.29, 1.82) is 0 Å². The Morgan fingerprint density at radius 2 is 2.33 bits per heavy atom. The normalized spacial score (nSPS) is 15.7. The summed E-state index contributed by atoms with van der Waals surface area (Å²) < 4.78 is 1.74. The van der Waals surface area contributed by atoms with Crippen LogP contribution in [0.15, 0.2) is 24.5 Å². The predicted molar refractivity (Wildman–Crippen MR) is 54.1 cm³/mol. The number of rotatable bonds is 2. The molecule has 2 aromatic rings. The third-order valence-corrected chi connectivity index (χ3v) is 2.82. The number of hydrogen-bond acceptors (Lipinski definition) is 2. The van der Waals surface area contributed by atoms with E-state index in [-0.39, 0.29) is 0 Å². The van der Waals surface area contributed by atoms with Crippen molar-refractivity contribution < 1.29 is 9.90 Å². The van der Waals surface area contributed by atoms with E-state index < -0.39 is 5.97 Å². The highest BCUT2D eigenvalue weighted by atomic mass is 16.4. The lowest BCUT2D eigenvalue weighted by molar-refractivity contribution is 0.0697. The molecule has 1 fully saturated rings. The van der Waals surface area contributed by atoms with Crippen LogP contribution in [0.4, 0.5) is 0 Å². The zero-order valence-electron chi connectivity index (χ0n) is 8.05. The topological polar surface area (TPSA) is 54.6 Å². The van der Waals surface area contributed by atoms with Crippen LogP contribution in [0, 0.1) is 0 Å². The summed E-state index contributed by atoms with van der Waals surface area (Å²) in [5, 5.41) is 13.1. The molecule has 0 bridgehead atoms. The van der Waals surface area contributed by atoms with Gasteiger partial charge < -0.3 is 5.11 Å². The lowest BCUT2D eigenvalue weighted by Crippen LogP contribution is -1.98. The average molecular weight is 202 g/mol. The molecule has 0 aliphatic heterocycles. The quantitative estimate of drug-likeness (QED) is 0.809. The zero-order valence-corrected chi connectivity index (χ0v) is 8.05. The highest BCUT2D eigenvalue weighted by Crippen LogP contribution is 2.41. The number of carboxylic acids is 1. The summed E-state index contributed by atoms with van der Waals surface area (Å²) in [4.78, 5) is 10.8. The standard InChI is InChI=1S/C11H10N2O2/c14-11(15)8-3-4-13-10(5-8)9(6-12-13)7-1-2-7/h3-7H,1-2H2,(H,14,15). The van der Waals surface area contributed by atoms with Gasteiger partial charge in [-0.1, -0.05) is 0 Å². The second kappa shape index (κ2) is 2.82. The Morgan fingerprint density at radius 3 is 3.00 bits per heavy atom. The summed E-state index contributed by atoms with van der Waals surface area (Å²) in [6.45, 7) is 0. The molecule has 1 saturated carbocycles. The fourth-order valence-corrected chi connectivity index (χ4v) is 1.84. The molecule has 0 spiro atoms. The van der Waals surface area contributed by atoms with Crippen LogP contribution in [0.5, 0.6) is 0 Å². The molecule has 1 aliphatic carbocycles. The third kappa shape index (κ3) is 1.29. The van der Waals surface area contributed by atoms with Gasteiger partial charge in [0.2, 0.25) is 0 Å². The van der Waals surface area contributed by atoms with Gasteiger partial charge in [0.1, 0.15) is 0 Å². The van der Waals surface area contributed by atoms with Gasteiger partial charge in [0.25, 0.3) is 0 Å². The number of hydrogen-bond donors (Lipinski definition) is 1. The summed E-state index contributed by atoms with van der Waals surface area (Å²) in [5.74, 6) is -0.299. The van der Waals surface area contributed by atoms with Crippen LogP contribution >= 0.6 is 0 Å².